The van der Waals surface area contributed by atoms with Gasteiger partial charge in [0.2, 0.25) is 5.91 Å². The summed E-state index contributed by atoms with van der Waals surface area (Å²) in [4.78, 5) is 36.0. The fourth-order valence-corrected chi connectivity index (χ4v) is 2.02. The normalized spacial score (nSPS) is 10.1. The van der Waals surface area contributed by atoms with E-state index in [0.29, 0.717) is 24.3 Å². The van der Waals surface area contributed by atoms with Crippen LogP contribution in [-0.2, 0) is 9.59 Å². The van der Waals surface area contributed by atoms with E-state index in [9.17, 15) is 14.4 Å². The summed E-state index contributed by atoms with van der Waals surface area (Å²) in [5.74, 6) is -0.861. The van der Waals surface area contributed by atoms with Gasteiger partial charge in [-0.1, -0.05) is 6.92 Å². The lowest BCUT2D eigenvalue weighted by atomic mass is 10.1. The predicted molar refractivity (Wildman–Crippen MR) is 81.1 cm³/mol. The van der Waals surface area contributed by atoms with Crippen molar-refractivity contribution in [2.45, 2.75) is 26.2 Å². The first kappa shape index (κ1) is 17.7. The van der Waals surface area contributed by atoms with E-state index >= 15 is 0 Å². The molecule has 0 aromatic heterocycles. The summed E-state index contributed by atoms with van der Waals surface area (Å²) in [6, 6.07) is 6.66. The minimum atomic E-state index is -1.05. The number of carbonyl (C=O) groups is 3. The summed E-state index contributed by atoms with van der Waals surface area (Å²) in [5.41, 5.74) is 0.508. The van der Waals surface area contributed by atoms with Crippen LogP contribution < -0.4 is 4.74 Å². The second kappa shape index (κ2) is 8.81. The van der Waals surface area contributed by atoms with Crippen LogP contribution in [0.5, 0.6) is 5.75 Å². The maximum Gasteiger partial charge on any atom is 0.323 e. The number of benzene rings is 1. The van der Waals surface area contributed by atoms with Gasteiger partial charge in [0.15, 0.2) is 5.78 Å². The van der Waals surface area contributed by atoms with Crippen LogP contribution in [0.4, 0.5) is 0 Å². The zero-order valence-electron chi connectivity index (χ0n) is 12.9. The van der Waals surface area contributed by atoms with Crippen molar-refractivity contribution in [1.82, 2.24) is 4.90 Å². The third kappa shape index (κ3) is 5.55. The lowest BCUT2D eigenvalue weighted by Gasteiger charge is -2.19. The zero-order valence-corrected chi connectivity index (χ0v) is 12.9. The highest BCUT2D eigenvalue weighted by Gasteiger charge is 2.17. The Hall–Kier alpha value is -2.37. The standard InChI is InChI=1S/C16H21NO5/c1-3-10-17(11-16(20)21)15(19)9-8-14(18)12-4-6-13(22-2)7-5-12/h4-7H,3,8-11H2,1-2H3,(H,20,21). The zero-order chi connectivity index (χ0) is 16.5. The molecule has 1 N–H and O–H groups in total. The maximum atomic E-state index is 12.0. The number of nitrogens with zero attached hydrogens (tertiary/aromatic N) is 1. The van der Waals surface area contributed by atoms with Gasteiger partial charge in [0.25, 0.3) is 0 Å². The molecule has 0 saturated carbocycles. The smallest absolute Gasteiger partial charge is 0.323 e. The number of ether oxygens (including phenoxy) is 1. The lowest BCUT2D eigenvalue weighted by molar-refractivity contribution is -0.144. The van der Waals surface area contributed by atoms with Gasteiger partial charge < -0.3 is 14.7 Å². The molecule has 1 amide bonds. The van der Waals surface area contributed by atoms with Crippen LogP contribution in [0.3, 0.4) is 0 Å². The first-order valence-electron chi connectivity index (χ1n) is 7.14. The molecular formula is C16H21NO5. The Morgan fingerprint density at radius 2 is 1.77 bits per heavy atom. The Kier molecular flexibility index (Phi) is 7.08. The molecule has 0 atom stereocenters. The molecule has 1 rings (SSSR count). The highest BCUT2D eigenvalue weighted by atomic mass is 16.5. The van der Waals surface area contributed by atoms with Crippen molar-refractivity contribution in [2.24, 2.45) is 0 Å². The monoisotopic (exact) mass is 307 g/mol. The number of aliphatic carboxylic acids is 1. The minimum absolute atomic E-state index is 0.0120. The molecule has 0 heterocycles. The number of rotatable bonds is 9. The molecule has 0 aliphatic carbocycles. The second-order valence-electron chi connectivity index (χ2n) is 4.86. The van der Waals surface area contributed by atoms with Crippen molar-refractivity contribution in [3.63, 3.8) is 0 Å². The first-order valence-corrected chi connectivity index (χ1v) is 7.14. The third-order valence-electron chi connectivity index (χ3n) is 3.15. The Labute approximate surface area is 129 Å². The summed E-state index contributed by atoms with van der Waals surface area (Å²) in [7, 11) is 1.54. The van der Waals surface area contributed by atoms with Crippen LogP contribution in [-0.4, -0.2) is 47.9 Å². The Morgan fingerprint density at radius 1 is 1.14 bits per heavy atom. The van der Waals surface area contributed by atoms with Crippen molar-refractivity contribution < 1.29 is 24.2 Å². The number of amides is 1. The average Bonchev–Trinajstić information content (AvgIpc) is 2.51. The molecule has 0 aliphatic rings. The molecule has 0 radical (unpaired) electrons. The summed E-state index contributed by atoms with van der Waals surface area (Å²) >= 11 is 0. The molecule has 120 valence electrons. The molecule has 1 aromatic rings. The van der Waals surface area contributed by atoms with Crippen LogP contribution >= 0.6 is 0 Å². The second-order valence-corrected chi connectivity index (χ2v) is 4.86. The summed E-state index contributed by atoms with van der Waals surface area (Å²) in [5, 5.41) is 8.79. The highest BCUT2D eigenvalue weighted by molar-refractivity contribution is 5.98. The van der Waals surface area contributed by atoms with Gasteiger partial charge in [0.1, 0.15) is 12.3 Å². The number of carboxylic acid groups (broad SMARTS) is 1. The van der Waals surface area contributed by atoms with Crippen molar-refractivity contribution >= 4 is 17.7 Å². The van der Waals surface area contributed by atoms with Crippen molar-refractivity contribution in [3.8, 4) is 5.75 Å². The molecule has 6 nitrogen and oxygen atoms in total. The number of hydrogen-bond donors (Lipinski definition) is 1. The van der Waals surface area contributed by atoms with Crippen LogP contribution in [0.2, 0.25) is 0 Å². The van der Waals surface area contributed by atoms with Crippen LogP contribution in [0.15, 0.2) is 24.3 Å². The summed E-state index contributed by atoms with van der Waals surface area (Å²) in [6.07, 6.45) is 0.745. The Balaban J connectivity index is 2.56. The van der Waals surface area contributed by atoms with E-state index in [2.05, 4.69) is 0 Å². The van der Waals surface area contributed by atoms with E-state index in [-0.39, 0.29) is 31.1 Å². The summed E-state index contributed by atoms with van der Waals surface area (Å²) < 4.78 is 5.01. The van der Waals surface area contributed by atoms with Crippen LogP contribution in [0.25, 0.3) is 0 Å². The highest BCUT2D eigenvalue weighted by Crippen LogP contribution is 2.13. The van der Waals surface area contributed by atoms with E-state index in [1.165, 1.54) is 4.90 Å². The molecule has 0 bridgehead atoms. The van der Waals surface area contributed by atoms with Crippen molar-refractivity contribution in [3.05, 3.63) is 29.8 Å². The SMILES string of the molecule is CCCN(CC(=O)O)C(=O)CCC(=O)c1ccc(OC)cc1. The summed E-state index contributed by atoms with van der Waals surface area (Å²) in [6.45, 7) is 1.91. The molecule has 0 unspecified atom stereocenters. The van der Waals surface area contributed by atoms with E-state index < -0.39 is 5.97 Å². The molecule has 0 saturated heterocycles. The topological polar surface area (TPSA) is 83.9 Å². The van der Waals surface area contributed by atoms with E-state index in [1.54, 1.807) is 31.4 Å². The van der Waals surface area contributed by atoms with E-state index in [0.717, 1.165) is 0 Å². The number of Topliss-reactive ketones (excluding diaryl/α,β-unsaturated/α-hetero) is 1. The number of carbonyl (C=O) groups excluding carboxylic acids is 2. The minimum Gasteiger partial charge on any atom is -0.497 e. The van der Waals surface area contributed by atoms with Gasteiger partial charge in [-0.2, -0.15) is 0 Å². The van der Waals surface area contributed by atoms with Gasteiger partial charge in [-0.3, -0.25) is 14.4 Å². The van der Waals surface area contributed by atoms with Gasteiger partial charge in [-0.25, -0.2) is 0 Å². The quantitative estimate of drug-likeness (QED) is 0.705. The van der Waals surface area contributed by atoms with Gasteiger partial charge in [-0.15, -0.1) is 0 Å². The fourth-order valence-electron chi connectivity index (χ4n) is 2.02. The van der Waals surface area contributed by atoms with Crippen LogP contribution in [0, 0.1) is 0 Å². The van der Waals surface area contributed by atoms with E-state index in [1.807, 2.05) is 6.92 Å². The van der Waals surface area contributed by atoms with Gasteiger partial charge in [0.05, 0.1) is 7.11 Å². The van der Waals surface area contributed by atoms with E-state index in [4.69, 9.17) is 9.84 Å². The number of hydrogen-bond acceptors (Lipinski definition) is 4. The molecule has 1 aromatic carbocycles. The average molecular weight is 307 g/mol. The number of ketones is 1. The van der Waals surface area contributed by atoms with Crippen LogP contribution in [0.1, 0.15) is 36.5 Å². The Morgan fingerprint density at radius 3 is 2.27 bits per heavy atom. The van der Waals surface area contributed by atoms with Crippen molar-refractivity contribution in [2.75, 3.05) is 20.2 Å². The molecule has 6 heteroatoms. The number of carboxylic acids is 1. The molecule has 0 spiro atoms. The molecular weight excluding hydrogens is 286 g/mol. The first-order chi connectivity index (χ1) is 10.5. The predicted octanol–water partition coefficient (Wildman–Crippen LogP) is 1.98. The number of methoxy groups -OCH3 is 1. The van der Waals surface area contributed by atoms with Gasteiger partial charge >= 0.3 is 5.97 Å². The largest absolute Gasteiger partial charge is 0.497 e. The molecule has 0 fully saturated rings. The van der Waals surface area contributed by atoms with Gasteiger partial charge in [-0.05, 0) is 30.7 Å². The molecule has 22 heavy (non-hydrogen) atoms. The lowest BCUT2D eigenvalue weighted by Crippen LogP contribution is -2.36. The maximum absolute atomic E-state index is 12.0. The van der Waals surface area contributed by atoms with Crippen molar-refractivity contribution in [1.29, 1.82) is 0 Å². The fraction of sp³-hybridized carbons (Fsp3) is 0.438. The third-order valence-corrected chi connectivity index (χ3v) is 3.15. The molecule has 0 aliphatic heterocycles. The van der Waals surface area contributed by atoms with Gasteiger partial charge in [0, 0.05) is 24.9 Å². The Bertz CT molecular complexity index is 524.